The summed E-state index contributed by atoms with van der Waals surface area (Å²) in [6.45, 7) is 3.70. The summed E-state index contributed by atoms with van der Waals surface area (Å²) in [7, 11) is 0. The molecule has 0 saturated carbocycles. The summed E-state index contributed by atoms with van der Waals surface area (Å²) < 4.78 is 0. The Morgan fingerprint density at radius 2 is 2.00 bits per heavy atom. The van der Waals surface area contributed by atoms with E-state index in [4.69, 9.17) is 28.3 Å². The molecule has 0 amide bonds. The Bertz CT molecular complexity index is 118. The van der Waals surface area contributed by atoms with Gasteiger partial charge in [-0.1, -0.05) is 30.2 Å². The largest absolute Gasteiger partial charge is 0.376 e. The van der Waals surface area contributed by atoms with Gasteiger partial charge in [-0.25, -0.2) is 0 Å². The average molecular weight is 303 g/mol. The van der Waals surface area contributed by atoms with Crippen LogP contribution in [0.3, 0.4) is 0 Å². The van der Waals surface area contributed by atoms with Crippen LogP contribution in [0.1, 0.15) is 19.3 Å². The molecule has 0 rings (SSSR count). The normalized spacial score (nSPS) is 15.7. The Balaban J connectivity index is 0. The van der Waals surface area contributed by atoms with Crippen LogP contribution in [-0.2, 0) is 20.4 Å². The molecule has 0 aromatic heterocycles. The quantitative estimate of drug-likeness (QED) is 0.272. The minimum absolute atomic E-state index is 0. The molecule has 0 spiro atoms. The van der Waals surface area contributed by atoms with Crippen molar-refractivity contribution in [3.63, 3.8) is 0 Å². The summed E-state index contributed by atoms with van der Waals surface area (Å²) in [6.07, 6.45) is 6.51. The van der Waals surface area contributed by atoms with Gasteiger partial charge in [-0.05, 0) is 6.42 Å². The first-order chi connectivity index (χ1) is 5.18. The molecule has 76 valence electrons. The van der Waals surface area contributed by atoms with Crippen LogP contribution >= 0.6 is 23.2 Å². The molecule has 0 fully saturated rings. The topological polar surface area (TPSA) is 20.2 Å². The van der Waals surface area contributed by atoms with E-state index in [0.29, 0.717) is 0 Å². The van der Waals surface area contributed by atoms with Crippen molar-refractivity contribution in [3.8, 4) is 0 Å². The molecule has 2 unspecified atom stereocenters. The minimum Gasteiger partial charge on any atom is -0.376 e. The summed E-state index contributed by atoms with van der Waals surface area (Å²) in [5, 5.41) is 8.26. The maximum atomic E-state index is 8.75. The van der Waals surface area contributed by atoms with Gasteiger partial charge in [-0.2, -0.15) is 6.42 Å². The average Bonchev–Trinajstić information content (AvgIpc) is 1.97. The van der Waals surface area contributed by atoms with Gasteiger partial charge in [0.2, 0.25) is 0 Å². The molecule has 0 bridgehead atoms. The van der Waals surface area contributed by atoms with Gasteiger partial charge in [-0.3, -0.25) is 0 Å². The molecule has 0 saturated heterocycles. The van der Waals surface area contributed by atoms with E-state index in [1.807, 2.05) is 6.08 Å². The zero-order valence-corrected chi connectivity index (χ0v) is 9.72. The SMILES string of the molecule is [CH2-]CCCC=CC(Cl)C(O)Cl.[Pd]. The predicted molar refractivity (Wildman–Crippen MR) is 49.8 cm³/mol. The zero-order chi connectivity index (χ0) is 8.69. The van der Waals surface area contributed by atoms with Crippen molar-refractivity contribution in [2.45, 2.75) is 30.2 Å². The molecular formula is C8H13Cl2OPd-. The Hall–Kier alpha value is 0.942. The van der Waals surface area contributed by atoms with Crippen molar-refractivity contribution in [1.29, 1.82) is 0 Å². The monoisotopic (exact) mass is 301 g/mol. The van der Waals surface area contributed by atoms with E-state index in [2.05, 4.69) is 6.92 Å². The van der Waals surface area contributed by atoms with Gasteiger partial charge < -0.3 is 12.0 Å². The maximum absolute atomic E-state index is 8.75. The fraction of sp³-hybridized carbons (Fsp3) is 0.625. The van der Waals surface area contributed by atoms with Crippen molar-refractivity contribution < 1.29 is 25.5 Å². The Kier molecular flexibility index (Phi) is 12.9. The number of alkyl halides is 2. The van der Waals surface area contributed by atoms with E-state index in [9.17, 15) is 0 Å². The van der Waals surface area contributed by atoms with Gasteiger partial charge in [0.25, 0.3) is 0 Å². The minimum atomic E-state index is -0.993. The summed E-state index contributed by atoms with van der Waals surface area (Å²) >= 11 is 10.9. The molecule has 1 N–H and O–H groups in total. The molecule has 0 aliphatic heterocycles. The second-order valence-electron chi connectivity index (χ2n) is 2.24. The van der Waals surface area contributed by atoms with Crippen molar-refractivity contribution >= 4 is 23.2 Å². The number of rotatable bonds is 5. The predicted octanol–water partition coefficient (Wildman–Crippen LogP) is 2.71. The Morgan fingerprint density at radius 3 is 2.42 bits per heavy atom. The van der Waals surface area contributed by atoms with E-state index < -0.39 is 10.9 Å². The van der Waals surface area contributed by atoms with Crippen LogP contribution in [0.15, 0.2) is 12.2 Å². The first-order valence-electron chi connectivity index (χ1n) is 3.60. The van der Waals surface area contributed by atoms with Gasteiger partial charge in [0.15, 0.2) is 0 Å². The Labute approximate surface area is 97.8 Å². The van der Waals surface area contributed by atoms with E-state index in [0.717, 1.165) is 19.3 Å². The van der Waals surface area contributed by atoms with Crippen LogP contribution in [-0.4, -0.2) is 16.0 Å². The first-order valence-corrected chi connectivity index (χ1v) is 4.48. The second kappa shape index (κ2) is 10.0. The van der Waals surface area contributed by atoms with Gasteiger partial charge in [0, 0.05) is 20.4 Å². The van der Waals surface area contributed by atoms with E-state index in [1.54, 1.807) is 6.08 Å². The van der Waals surface area contributed by atoms with E-state index in [1.165, 1.54) is 0 Å². The van der Waals surface area contributed by atoms with Crippen LogP contribution in [0.4, 0.5) is 0 Å². The van der Waals surface area contributed by atoms with Gasteiger partial charge in [0.1, 0.15) is 5.56 Å². The number of unbranched alkanes of at least 4 members (excludes halogenated alkanes) is 2. The number of hydrogen-bond donors (Lipinski definition) is 1. The molecule has 0 radical (unpaired) electrons. The molecule has 2 atom stereocenters. The van der Waals surface area contributed by atoms with Crippen LogP contribution in [0.2, 0.25) is 0 Å². The summed E-state index contributed by atoms with van der Waals surface area (Å²) in [5.74, 6) is 0. The smallest absolute Gasteiger partial charge is 0.147 e. The third-order valence-corrected chi connectivity index (χ3v) is 1.99. The van der Waals surface area contributed by atoms with Gasteiger partial charge >= 0.3 is 0 Å². The fourth-order valence-electron chi connectivity index (χ4n) is 0.580. The molecule has 0 aliphatic carbocycles. The number of allylic oxidation sites excluding steroid dienone is 1. The molecule has 4 heteroatoms. The molecule has 0 aliphatic rings. The third kappa shape index (κ3) is 9.03. The maximum Gasteiger partial charge on any atom is 0.147 e. The molecule has 0 aromatic rings. The number of hydrogen-bond acceptors (Lipinski definition) is 1. The number of aliphatic hydroxyl groups is 1. The molecule has 12 heavy (non-hydrogen) atoms. The second-order valence-corrected chi connectivity index (χ2v) is 3.19. The van der Waals surface area contributed by atoms with Crippen LogP contribution in [0.25, 0.3) is 0 Å². The van der Waals surface area contributed by atoms with Crippen molar-refractivity contribution in [3.05, 3.63) is 19.1 Å². The number of aliphatic hydroxyl groups excluding tert-OH is 1. The van der Waals surface area contributed by atoms with Crippen molar-refractivity contribution in [1.82, 2.24) is 0 Å². The standard InChI is InChI=1S/C8H13Cl2O.Pd/c1-2-3-4-5-6-7(9)8(10)11;/h5-8,11H,1-4H2;/q-1;. The third-order valence-electron chi connectivity index (χ3n) is 1.20. The van der Waals surface area contributed by atoms with E-state index >= 15 is 0 Å². The van der Waals surface area contributed by atoms with Crippen LogP contribution in [0, 0.1) is 6.92 Å². The molecule has 1 nitrogen and oxygen atoms in total. The molecular weight excluding hydrogens is 289 g/mol. The van der Waals surface area contributed by atoms with E-state index in [-0.39, 0.29) is 20.4 Å². The Morgan fingerprint density at radius 1 is 1.42 bits per heavy atom. The first kappa shape index (κ1) is 15.4. The zero-order valence-electron chi connectivity index (χ0n) is 6.66. The fourth-order valence-corrected chi connectivity index (χ4v) is 0.767. The summed E-state index contributed by atoms with van der Waals surface area (Å²) in [5.41, 5.74) is -0.993. The van der Waals surface area contributed by atoms with Crippen molar-refractivity contribution in [2.24, 2.45) is 0 Å². The summed E-state index contributed by atoms with van der Waals surface area (Å²) in [6, 6.07) is 0. The molecule has 0 heterocycles. The van der Waals surface area contributed by atoms with Gasteiger partial charge in [0.05, 0.1) is 5.38 Å². The summed E-state index contributed by atoms with van der Waals surface area (Å²) in [4.78, 5) is 0. The van der Waals surface area contributed by atoms with Crippen LogP contribution < -0.4 is 0 Å². The van der Waals surface area contributed by atoms with Crippen LogP contribution in [0.5, 0.6) is 0 Å². The van der Waals surface area contributed by atoms with Gasteiger partial charge in [-0.15, -0.1) is 11.6 Å². The molecule has 0 aromatic carbocycles. The van der Waals surface area contributed by atoms with Crippen molar-refractivity contribution in [2.75, 3.05) is 0 Å². The number of halogens is 2.